The fourth-order valence-electron chi connectivity index (χ4n) is 9.89. The first kappa shape index (κ1) is 38.3. The average Bonchev–Trinajstić information content (AvgIpc) is 4.08. The summed E-state index contributed by atoms with van der Waals surface area (Å²) < 4.78 is 4.88. The molecule has 0 saturated carbocycles. The molecule has 3 heterocycles. The lowest BCUT2D eigenvalue weighted by Crippen LogP contribution is -2.15. The van der Waals surface area contributed by atoms with Crippen LogP contribution < -0.4 is 9.80 Å². The summed E-state index contributed by atoms with van der Waals surface area (Å²) >= 11 is 3.67. The molecule has 0 N–H and O–H groups in total. The number of hydrogen-bond donors (Lipinski definition) is 0. The van der Waals surface area contributed by atoms with E-state index in [0.717, 1.165) is 44.6 Å². The molecular weight excluding hydrogens is 815 g/mol. The zero-order valence-electron chi connectivity index (χ0n) is 35.6. The van der Waals surface area contributed by atoms with E-state index < -0.39 is 0 Å². The van der Waals surface area contributed by atoms with Gasteiger partial charge in [0.25, 0.3) is 0 Å². The summed E-state index contributed by atoms with van der Waals surface area (Å²) in [5.74, 6) is 0. The van der Waals surface area contributed by atoms with Crippen LogP contribution in [0.5, 0.6) is 0 Å². The minimum atomic E-state index is -0.0509. The van der Waals surface area contributed by atoms with Crippen LogP contribution in [-0.2, 0) is 5.41 Å². The maximum Gasteiger partial charge on any atom is 0.101 e. The van der Waals surface area contributed by atoms with E-state index in [4.69, 9.17) is 0 Å². The van der Waals surface area contributed by atoms with Crippen molar-refractivity contribution in [2.75, 3.05) is 9.80 Å². The van der Waals surface area contributed by atoms with Gasteiger partial charge in [-0.2, -0.15) is 0 Å². The summed E-state index contributed by atoms with van der Waals surface area (Å²) in [6, 6.07) is 69.2. The number of hydrogen-bond acceptors (Lipinski definition) is 4. The van der Waals surface area contributed by atoms with Gasteiger partial charge >= 0.3 is 0 Å². The van der Waals surface area contributed by atoms with Crippen molar-refractivity contribution in [3.05, 3.63) is 223 Å². The van der Waals surface area contributed by atoms with Gasteiger partial charge < -0.3 is 14.4 Å². The SMILES string of the molecule is C=Cc1ccc(N(c2ccc(-n3c4ccccc4c4ccccc43)cc2)c2cc3cc4sc(N(c5ccc(C=C)cc5)c5ccc6c(c5)-c5ccccc5C6(C)C)cc4cc3s2)cc1. The Labute approximate surface area is 381 Å². The predicted molar refractivity (Wildman–Crippen MR) is 279 cm³/mol. The Morgan fingerprint density at radius 2 is 0.906 bits per heavy atom. The van der Waals surface area contributed by atoms with Gasteiger partial charge in [-0.1, -0.05) is 130 Å². The first-order valence-electron chi connectivity index (χ1n) is 21.7. The van der Waals surface area contributed by atoms with Crippen molar-refractivity contribution in [3.63, 3.8) is 0 Å². The van der Waals surface area contributed by atoms with Gasteiger partial charge in [0.1, 0.15) is 10.0 Å². The molecule has 1 aliphatic carbocycles. The maximum atomic E-state index is 4.02. The van der Waals surface area contributed by atoms with Crippen LogP contribution in [0.25, 0.3) is 70.9 Å². The third-order valence-electron chi connectivity index (χ3n) is 13.1. The number of aromatic nitrogens is 1. The Morgan fingerprint density at radius 1 is 0.453 bits per heavy atom. The van der Waals surface area contributed by atoms with E-state index in [-0.39, 0.29) is 5.41 Å². The first-order valence-corrected chi connectivity index (χ1v) is 23.3. The fraction of sp³-hybridized carbons (Fsp3) is 0.0508. The molecule has 0 saturated heterocycles. The molecule has 0 unspecified atom stereocenters. The molecule has 5 heteroatoms. The van der Waals surface area contributed by atoms with E-state index in [1.54, 1.807) is 0 Å². The van der Waals surface area contributed by atoms with Crippen molar-refractivity contribution in [1.29, 1.82) is 0 Å². The highest BCUT2D eigenvalue weighted by Gasteiger charge is 2.35. The van der Waals surface area contributed by atoms with E-state index >= 15 is 0 Å². The minimum absolute atomic E-state index is 0.0509. The number of anilines is 6. The molecule has 3 aromatic heterocycles. The van der Waals surface area contributed by atoms with Crippen LogP contribution in [0.15, 0.2) is 201 Å². The summed E-state index contributed by atoms with van der Waals surface area (Å²) in [5.41, 5.74) is 15.5. The van der Waals surface area contributed by atoms with Crippen molar-refractivity contribution in [3.8, 4) is 16.8 Å². The van der Waals surface area contributed by atoms with Gasteiger partial charge in [0.2, 0.25) is 0 Å². The second kappa shape index (κ2) is 14.8. The molecule has 306 valence electrons. The second-order valence-corrected chi connectivity index (χ2v) is 19.3. The topological polar surface area (TPSA) is 11.4 Å². The van der Waals surface area contributed by atoms with Gasteiger partial charge in [0, 0.05) is 54.0 Å². The van der Waals surface area contributed by atoms with E-state index in [1.165, 1.54) is 69.2 Å². The zero-order valence-corrected chi connectivity index (χ0v) is 37.3. The molecule has 12 rings (SSSR count). The Hall–Kier alpha value is -7.44. The van der Waals surface area contributed by atoms with Crippen molar-refractivity contribution in [1.82, 2.24) is 4.57 Å². The molecule has 0 radical (unpaired) electrons. The molecule has 3 nitrogen and oxygen atoms in total. The first-order chi connectivity index (χ1) is 31.4. The molecule has 0 amide bonds. The number of nitrogens with zero attached hydrogens (tertiary/aromatic N) is 3. The summed E-state index contributed by atoms with van der Waals surface area (Å²) in [6.45, 7) is 12.7. The van der Waals surface area contributed by atoms with Crippen LogP contribution in [-0.4, -0.2) is 4.57 Å². The lowest BCUT2D eigenvalue weighted by Gasteiger charge is -2.26. The van der Waals surface area contributed by atoms with Gasteiger partial charge in [0.15, 0.2) is 0 Å². The number of fused-ring (bicyclic) bond motifs is 8. The fourth-order valence-corrected chi connectivity index (χ4v) is 12.2. The zero-order chi connectivity index (χ0) is 43.1. The number of thiophene rings is 2. The summed E-state index contributed by atoms with van der Waals surface area (Å²) in [4.78, 5) is 4.80. The second-order valence-electron chi connectivity index (χ2n) is 17.1. The van der Waals surface area contributed by atoms with Crippen LogP contribution in [0.1, 0.15) is 36.1 Å². The standard InChI is InChI=1S/C59H43N3S2/c1-5-38-19-23-42(24-20-38)60(44-27-29-45(30-28-44)62-53-17-11-8-14-48(53)49-15-9-12-18-54(49)62)57-35-40-33-56-41(34-55(40)63-57)36-58(64-56)61(43-25-21-39(6-2)22-26-43)46-31-32-52-50(37-46)47-13-7-10-16-51(47)59(52,3)4/h5-37H,1-2H2,3-4H3. The van der Waals surface area contributed by atoms with Crippen LogP contribution >= 0.6 is 22.7 Å². The smallest absolute Gasteiger partial charge is 0.101 e. The lowest BCUT2D eigenvalue weighted by molar-refractivity contribution is 0.660. The van der Waals surface area contributed by atoms with E-state index in [2.05, 4.69) is 229 Å². The lowest BCUT2D eigenvalue weighted by atomic mass is 9.82. The molecule has 0 atom stereocenters. The van der Waals surface area contributed by atoms with Crippen molar-refractivity contribution in [2.45, 2.75) is 19.3 Å². The average molecular weight is 858 g/mol. The quantitative estimate of drug-likeness (QED) is 0.143. The highest BCUT2D eigenvalue weighted by Crippen LogP contribution is 2.52. The maximum absolute atomic E-state index is 4.02. The van der Waals surface area contributed by atoms with E-state index in [0.29, 0.717) is 0 Å². The molecule has 0 bridgehead atoms. The third kappa shape index (κ3) is 6.07. The largest absolute Gasteiger partial charge is 0.309 e. The number of para-hydroxylation sites is 2. The molecule has 1 aliphatic rings. The molecular formula is C59H43N3S2. The van der Waals surface area contributed by atoms with Crippen molar-refractivity contribution < 1.29 is 0 Å². The van der Waals surface area contributed by atoms with Crippen molar-refractivity contribution >= 4 is 110 Å². The molecule has 0 fully saturated rings. The van der Waals surface area contributed by atoms with Crippen molar-refractivity contribution in [2.24, 2.45) is 0 Å². The molecule has 64 heavy (non-hydrogen) atoms. The minimum Gasteiger partial charge on any atom is -0.309 e. The summed E-state index contributed by atoms with van der Waals surface area (Å²) in [7, 11) is 0. The normalized spacial score (nSPS) is 12.8. The third-order valence-corrected chi connectivity index (χ3v) is 15.3. The predicted octanol–water partition coefficient (Wildman–Crippen LogP) is 17.7. The van der Waals surface area contributed by atoms with E-state index in [9.17, 15) is 0 Å². The summed E-state index contributed by atoms with van der Waals surface area (Å²) in [6.07, 6.45) is 3.80. The monoisotopic (exact) mass is 857 g/mol. The highest BCUT2D eigenvalue weighted by molar-refractivity contribution is 7.24. The van der Waals surface area contributed by atoms with Crippen LogP contribution in [0.3, 0.4) is 0 Å². The Morgan fingerprint density at radius 3 is 1.45 bits per heavy atom. The van der Waals surface area contributed by atoms with Gasteiger partial charge in [-0.3, -0.25) is 0 Å². The van der Waals surface area contributed by atoms with Crippen LogP contribution in [0, 0.1) is 0 Å². The molecule has 0 spiro atoms. The number of rotatable bonds is 9. The molecule has 8 aromatic carbocycles. The molecule has 11 aromatic rings. The number of benzene rings is 8. The van der Waals surface area contributed by atoms with Crippen LogP contribution in [0.2, 0.25) is 0 Å². The Balaban J connectivity index is 0.949. The van der Waals surface area contributed by atoms with Gasteiger partial charge in [-0.15, -0.1) is 22.7 Å². The van der Waals surface area contributed by atoms with Gasteiger partial charge in [0.05, 0.1) is 11.0 Å². The Kier molecular flexibility index (Phi) is 8.87. The van der Waals surface area contributed by atoms with E-state index in [1.807, 2.05) is 34.8 Å². The van der Waals surface area contributed by atoms with Gasteiger partial charge in [-0.25, -0.2) is 0 Å². The summed E-state index contributed by atoms with van der Waals surface area (Å²) in [5, 5.41) is 7.33. The van der Waals surface area contributed by atoms with Crippen LogP contribution in [0.4, 0.5) is 32.8 Å². The highest BCUT2D eigenvalue weighted by atomic mass is 32.1. The molecule has 0 aliphatic heterocycles. The Bertz CT molecular complexity index is 3520. The van der Waals surface area contributed by atoms with Gasteiger partial charge in [-0.05, 0) is 141 Å².